The average molecular weight is 369 g/mol. The van der Waals surface area contributed by atoms with Gasteiger partial charge in [0.15, 0.2) is 6.04 Å². The summed E-state index contributed by atoms with van der Waals surface area (Å²) >= 11 is 0. The van der Waals surface area contributed by atoms with E-state index in [1.54, 1.807) is 0 Å². The average Bonchev–Trinajstić information content (AvgIpc) is 2.98. The fourth-order valence-corrected chi connectivity index (χ4v) is 3.55. The maximum absolute atomic E-state index is 12.1. The van der Waals surface area contributed by atoms with E-state index in [1.807, 2.05) is 55.5 Å². The van der Waals surface area contributed by atoms with Crippen molar-refractivity contribution in [2.75, 3.05) is 6.61 Å². The summed E-state index contributed by atoms with van der Waals surface area (Å²) < 4.78 is 5.32. The zero-order valence-electron chi connectivity index (χ0n) is 15.1. The van der Waals surface area contributed by atoms with E-state index >= 15 is 0 Å². The van der Waals surface area contributed by atoms with Gasteiger partial charge < -0.3 is 20.3 Å². The van der Waals surface area contributed by atoms with Gasteiger partial charge in [-0.3, -0.25) is 0 Å². The van der Waals surface area contributed by atoms with Gasteiger partial charge in [-0.25, -0.2) is 9.59 Å². The van der Waals surface area contributed by atoms with Crippen LogP contribution in [0.5, 0.6) is 0 Å². The van der Waals surface area contributed by atoms with Crippen LogP contribution in [0.25, 0.3) is 11.1 Å². The van der Waals surface area contributed by atoms with Gasteiger partial charge in [-0.2, -0.15) is 0 Å². The van der Waals surface area contributed by atoms with Crippen molar-refractivity contribution >= 4 is 12.1 Å². The van der Waals surface area contributed by atoms with Crippen LogP contribution in [0.4, 0.5) is 4.79 Å². The molecule has 0 bridgehead atoms. The second-order valence-electron chi connectivity index (χ2n) is 6.64. The molecule has 0 aromatic heterocycles. The first-order valence-electron chi connectivity index (χ1n) is 9.05. The maximum Gasteiger partial charge on any atom is 0.407 e. The van der Waals surface area contributed by atoms with Crippen LogP contribution in [0, 0.1) is 0 Å². The molecule has 0 unspecified atom stereocenters. The molecule has 6 nitrogen and oxygen atoms in total. The molecule has 1 amide bonds. The predicted octanol–water partition coefficient (Wildman–Crippen LogP) is 3.14. The SMILES string of the molecule is CCC[C@H](O)[C@@H](NC(=O)OCC1c2ccccc2-c2ccccc21)C(=O)O. The molecule has 27 heavy (non-hydrogen) atoms. The lowest BCUT2D eigenvalue weighted by Crippen LogP contribution is -2.49. The Morgan fingerprint density at radius 1 is 1.07 bits per heavy atom. The van der Waals surface area contributed by atoms with Crippen LogP contribution in [-0.4, -0.2) is 41.0 Å². The van der Waals surface area contributed by atoms with E-state index in [0.29, 0.717) is 6.42 Å². The highest BCUT2D eigenvalue weighted by molar-refractivity contribution is 5.81. The molecule has 2 aromatic rings. The molecule has 2 atom stereocenters. The summed E-state index contributed by atoms with van der Waals surface area (Å²) in [6.07, 6.45) is -1.12. The molecule has 0 saturated carbocycles. The van der Waals surface area contributed by atoms with Crippen molar-refractivity contribution in [1.82, 2.24) is 5.32 Å². The first-order chi connectivity index (χ1) is 13.0. The van der Waals surface area contributed by atoms with E-state index in [0.717, 1.165) is 22.3 Å². The summed E-state index contributed by atoms with van der Waals surface area (Å²) in [6.45, 7) is 1.92. The number of benzene rings is 2. The first-order valence-corrected chi connectivity index (χ1v) is 9.05. The third-order valence-electron chi connectivity index (χ3n) is 4.85. The number of ether oxygens (including phenoxy) is 1. The van der Waals surface area contributed by atoms with Crippen LogP contribution in [-0.2, 0) is 9.53 Å². The summed E-state index contributed by atoms with van der Waals surface area (Å²) in [6, 6.07) is 14.5. The molecule has 0 spiro atoms. The third-order valence-corrected chi connectivity index (χ3v) is 4.85. The molecule has 0 fully saturated rings. The van der Waals surface area contributed by atoms with E-state index in [1.165, 1.54) is 0 Å². The fourth-order valence-electron chi connectivity index (χ4n) is 3.55. The molecule has 1 aliphatic carbocycles. The van der Waals surface area contributed by atoms with E-state index in [-0.39, 0.29) is 18.9 Å². The number of nitrogens with one attached hydrogen (secondary N) is 1. The highest BCUT2D eigenvalue weighted by atomic mass is 16.5. The minimum absolute atomic E-state index is 0.0933. The van der Waals surface area contributed by atoms with Gasteiger partial charge in [0.1, 0.15) is 6.61 Å². The number of carboxylic acid groups (broad SMARTS) is 1. The van der Waals surface area contributed by atoms with Crippen LogP contribution >= 0.6 is 0 Å². The van der Waals surface area contributed by atoms with Gasteiger partial charge in [-0.05, 0) is 28.7 Å². The van der Waals surface area contributed by atoms with E-state index in [2.05, 4.69) is 5.32 Å². The Balaban J connectivity index is 1.69. The van der Waals surface area contributed by atoms with Crippen molar-refractivity contribution in [2.24, 2.45) is 0 Å². The number of rotatable bonds is 7. The highest BCUT2D eigenvalue weighted by Gasteiger charge is 2.31. The quantitative estimate of drug-likeness (QED) is 0.697. The van der Waals surface area contributed by atoms with Crippen LogP contribution in [0.2, 0.25) is 0 Å². The van der Waals surface area contributed by atoms with Crippen LogP contribution < -0.4 is 5.32 Å². The van der Waals surface area contributed by atoms with E-state index < -0.39 is 24.2 Å². The topological polar surface area (TPSA) is 95.9 Å². The molecule has 0 radical (unpaired) electrons. The standard InChI is InChI=1S/C21H23NO5/c1-2-7-18(23)19(20(24)25)22-21(26)27-12-17-15-10-5-3-8-13(15)14-9-4-6-11-16(14)17/h3-6,8-11,17-19,23H,2,7,12H2,1H3,(H,22,26)(H,24,25)/t18-,19+/m0/s1. The molecule has 0 saturated heterocycles. The number of hydrogen-bond donors (Lipinski definition) is 3. The van der Waals surface area contributed by atoms with Crippen LogP contribution in [0.3, 0.4) is 0 Å². The number of carbonyl (C=O) groups excluding carboxylic acids is 1. The predicted molar refractivity (Wildman–Crippen MR) is 101 cm³/mol. The van der Waals surface area contributed by atoms with Gasteiger partial charge in [0.2, 0.25) is 0 Å². The Kier molecular flexibility index (Phi) is 5.76. The number of aliphatic hydroxyl groups is 1. The maximum atomic E-state index is 12.1. The minimum Gasteiger partial charge on any atom is -0.480 e. The Bertz CT molecular complexity index is 789. The lowest BCUT2D eigenvalue weighted by atomic mass is 9.98. The molecule has 2 aromatic carbocycles. The van der Waals surface area contributed by atoms with Gasteiger partial charge in [0.25, 0.3) is 0 Å². The van der Waals surface area contributed by atoms with Gasteiger partial charge in [-0.1, -0.05) is 61.9 Å². The molecular weight excluding hydrogens is 346 g/mol. The van der Waals surface area contributed by atoms with E-state index in [9.17, 15) is 19.8 Å². The normalized spacial score (nSPS) is 14.7. The smallest absolute Gasteiger partial charge is 0.407 e. The van der Waals surface area contributed by atoms with Gasteiger partial charge in [-0.15, -0.1) is 0 Å². The van der Waals surface area contributed by atoms with Crippen LogP contribution in [0.15, 0.2) is 48.5 Å². The van der Waals surface area contributed by atoms with Crippen molar-refractivity contribution in [3.8, 4) is 11.1 Å². The number of carboxylic acids is 1. The van der Waals surface area contributed by atoms with Crippen LogP contribution in [0.1, 0.15) is 36.8 Å². The first kappa shape index (κ1) is 18.9. The van der Waals surface area contributed by atoms with E-state index in [4.69, 9.17) is 4.74 Å². The van der Waals surface area contributed by atoms with Crippen molar-refractivity contribution in [2.45, 2.75) is 37.8 Å². The molecule has 142 valence electrons. The summed E-state index contributed by atoms with van der Waals surface area (Å²) in [5.74, 6) is -1.39. The largest absolute Gasteiger partial charge is 0.480 e. The summed E-state index contributed by atoms with van der Waals surface area (Å²) in [5.41, 5.74) is 4.38. The zero-order valence-corrected chi connectivity index (χ0v) is 15.1. The molecule has 0 heterocycles. The summed E-state index contributed by atoms with van der Waals surface area (Å²) in [5, 5.41) is 21.4. The number of aliphatic carboxylic acids is 1. The Morgan fingerprint density at radius 3 is 2.15 bits per heavy atom. The number of carbonyl (C=O) groups is 2. The lowest BCUT2D eigenvalue weighted by Gasteiger charge is -2.20. The Labute approximate surface area is 157 Å². The number of alkyl carbamates (subject to hydrolysis) is 1. The molecule has 0 aliphatic heterocycles. The molecule has 1 aliphatic rings. The van der Waals surface area contributed by atoms with Crippen molar-refractivity contribution in [3.63, 3.8) is 0 Å². The monoisotopic (exact) mass is 369 g/mol. The van der Waals surface area contributed by atoms with Crippen molar-refractivity contribution in [1.29, 1.82) is 0 Å². The number of aliphatic hydroxyl groups excluding tert-OH is 1. The number of amides is 1. The molecule has 6 heteroatoms. The summed E-state index contributed by atoms with van der Waals surface area (Å²) in [4.78, 5) is 23.4. The van der Waals surface area contributed by atoms with Gasteiger partial charge in [0, 0.05) is 5.92 Å². The third kappa shape index (κ3) is 3.95. The second kappa shape index (κ2) is 8.22. The highest BCUT2D eigenvalue weighted by Crippen LogP contribution is 2.44. The number of fused-ring (bicyclic) bond motifs is 3. The number of hydrogen-bond acceptors (Lipinski definition) is 4. The van der Waals surface area contributed by atoms with Crippen molar-refractivity contribution < 1.29 is 24.5 Å². The zero-order chi connectivity index (χ0) is 19.4. The molecule has 3 N–H and O–H groups in total. The fraction of sp³-hybridized carbons (Fsp3) is 0.333. The van der Waals surface area contributed by atoms with Crippen molar-refractivity contribution in [3.05, 3.63) is 59.7 Å². The molecule has 3 rings (SSSR count). The second-order valence-corrected chi connectivity index (χ2v) is 6.64. The summed E-state index contributed by atoms with van der Waals surface area (Å²) in [7, 11) is 0. The Hall–Kier alpha value is -2.86. The molecular formula is C21H23NO5. The van der Waals surface area contributed by atoms with Gasteiger partial charge >= 0.3 is 12.1 Å². The lowest BCUT2D eigenvalue weighted by molar-refractivity contribution is -0.142. The Morgan fingerprint density at radius 2 is 1.63 bits per heavy atom. The minimum atomic E-state index is -1.39. The van der Waals surface area contributed by atoms with Gasteiger partial charge in [0.05, 0.1) is 6.10 Å².